The molecule has 0 radical (unpaired) electrons. The smallest absolute Gasteiger partial charge is 0.0700 e. The second-order valence-electron chi connectivity index (χ2n) is 5.88. The van der Waals surface area contributed by atoms with Crippen LogP contribution in [0.1, 0.15) is 39.5 Å². The van der Waals surface area contributed by atoms with Gasteiger partial charge in [0.15, 0.2) is 0 Å². The van der Waals surface area contributed by atoms with Gasteiger partial charge in [0.2, 0.25) is 0 Å². The van der Waals surface area contributed by atoms with Crippen molar-refractivity contribution < 1.29 is 4.74 Å². The van der Waals surface area contributed by atoms with Crippen LogP contribution >= 0.6 is 0 Å². The van der Waals surface area contributed by atoms with Gasteiger partial charge in [0.25, 0.3) is 0 Å². The topological polar surface area (TPSA) is 38.5 Å². The molecule has 2 rings (SSSR count). The Bertz CT molecular complexity index is 234. The Hall–Kier alpha value is -0.120. The molecule has 0 aromatic carbocycles. The van der Waals surface area contributed by atoms with Crippen LogP contribution in [0.4, 0.5) is 0 Å². The van der Waals surface area contributed by atoms with Gasteiger partial charge >= 0.3 is 0 Å². The molecule has 0 spiro atoms. The molecule has 1 aliphatic carbocycles. The van der Waals surface area contributed by atoms with Gasteiger partial charge in [-0.05, 0) is 37.6 Å². The second-order valence-corrected chi connectivity index (χ2v) is 5.88. The Morgan fingerprint density at radius 3 is 2.88 bits per heavy atom. The Morgan fingerprint density at radius 2 is 2.18 bits per heavy atom. The van der Waals surface area contributed by atoms with Crippen molar-refractivity contribution in [3.05, 3.63) is 0 Å². The maximum Gasteiger partial charge on any atom is 0.0700 e. The number of hydrogen-bond acceptors (Lipinski definition) is 3. The Balaban J connectivity index is 1.97. The molecule has 3 heteroatoms. The van der Waals surface area contributed by atoms with Crippen molar-refractivity contribution in [1.82, 2.24) is 4.90 Å². The average Bonchev–Trinajstić information content (AvgIpc) is 2.39. The van der Waals surface area contributed by atoms with E-state index >= 15 is 0 Å². The normalized spacial score (nSPS) is 40.4. The highest BCUT2D eigenvalue weighted by molar-refractivity contribution is 4.88. The molecule has 2 fully saturated rings. The Kier molecular flexibility index (Phi) is 4.83. The van der Waals surface area contributed by atoms with Crippen molar-refractivity contribution >= 4 is 0 Å². The minimum absolute atomic E-state index is 0.444. The molecule has 3 nitrogen and oxygen atoms in total. The summed E-state index contributed by atoms with van der Waals surface area (Å²) in [5.41, 5.74) is 5.96. The van der Waals surface area contributed by atoms with Crippen molar-refractivity contribution in [3.63, 3.8) is 0 Å². The molecule has 17 heavy (non-hydrogen) atoms. The number of ether oxygens (including phenoxy) is 1. The summed E-state index contributed by atoms with van der Waals surface area (Å²) < 4.78 is 5.77. The monoisotopic (exact) mass is 240 g/mol. The van der Waals surface area contributed by atoms with Crippen molar-refractivity contribution in [3.8, 4) is 0 Å². The minimum Gasteiger partial charge on any atom is -0.376 e. The number of nitrogens with zero attached hydrogens (tertiary/aromatic N) is 1. The predicted molar refractivity (Wildman–Crippen MR) is 71.0 cm³/mol. The molecule has 0 amide bonds. The molecule has 0 aromatic heterocycles. The van der Waals surface area contributed by atoms with Gasteiger partial charge in [-0.15, -0.1) is 0 Å². The molecule has 1 aliphatic heterocycles. The van der Waals surface area contributed by atoms with E-state index in [-0.39, 0.29) is 0 Å². The molecule has 4 unspecified atom stereocenters. The van der Waals surface area contributed by atoms with E-state index in [4.69, 9.17) is 10.5 Å². The molecule has 1 saturated carbocycles. The fourth-order valence-electron chi connectivity index (χ4n) is 3.43. The third kappa shape index (κ3) is 3.21. The lowest BCUT2D eigenvalue weighted by molar-refractivity contribution is -0.0615. The van der Waals surface area contributed by atoms with Gasteiger partial charge < -0.3 is 10.5 Å². The van der Waals surface area contributed by atoms with Crippen LogP contribution in [-0.2, 0) is 4.74 Å². The summed E-state index contributed by atoms with van der Waals surface area (Å²) in [7, 11) is 0. The molecule has 1 heterocycles. The van der Waals surface area contributed by atoms with Gasteiger partial charge in [0.1, 0.15) is 0 Å². The van der Waals surface area contributed by atoms with Gasteiger partial charge in [-0.3, -0.25) is 4.90 Å². The van der Waals surface area contributed by atoms with Gasteiger partial charge in [-0.2, -0.15) is 0 Å². The fraction of sp³-hybridized carbons (Fsp3) is 1.00. The quantitative estimate of drug-likeness (QED) is 0.818. The molecule has 0 bridgehead atoms. The SMILES string of the molecule is CCC1CN(C2CC(C)CCC2CN)CCO1. The van der Waals surface area contributed by atoms with Crippen LogP contribution in [0.25, 0.3) is 0 Å². The van der Waals surface area contributed by atoms with E-state index in [0.717, 1.165) is 38.6 Å². The number of hydrogen-bond donors (Lipinski definition) is 1. The minimum atomic E-state index is 0.444. The highest BCUT2D eigenvalue weighted by atomic mass is 16.5. The maximum absolute atomic E-state index is 5.96. The van der Waals surface area contributed by atoms with Gasteiger partial charge in [0, 0.05) is 19.1 Å². The molecular weight excluding hydrogens is 212 g/mol. The van der Waals surface area contributed by atoms with Gasteiger partial charge in [-0.1, -0.05) is 20.3 Å². The summed E-state index contributed by atoms with van der Waals surface area (Å²) in [4.78, 5) is 2.66. The molecule has 100 valence electrons. The van der Waals surface area contributed by atoms with Crippen molar-refractivity contribution in [2.45, 2.75) is 51.7 Å². The zero-order valence-electron chi connectivity index (χ0n) is 11.4. The third-order valence-electron chi connectivity index (χ3n) is 4.62. The van der Waals surface area contributed by atoms with Gasteiger partial charge in [0.05, 0.1) is 12.7 Å². The van der Waals surface area contributed by atoms with E-state index in [9.17, 15) is 0 Å². The summed E-state index contributed by atoms with van der Waals surface area (Å²) in [5, 5.41) is 0. The Labute approximate surface area is 106 Å². The summed E-state index contributed by atoms with van der Waals surface area (Å²) in [6.45, 7) is 8.58. The van der Waals surface area contributed by atoms with E-state index in [1.54, 1.807) is 0 Å². The number of rotatable bonds is 3. The second kappa shape index (κ2) is 6.17. The standard InChI is InChI=1S/C14H28N2O/c1-3-13-10-16(6-7-17-13)14-8-11(2)4-5-12(14)9-15/h11-14H,3-10,15H2,1-2H3. The van der Waals surface area contributed by atoms with E-state index in [0.29, 0.717) is 18.1 Å². The first-order chi connectivity index (χ1) is 8.24. The van der Waals surface area contributed by atoms with Crippen LogP contribution in [0.15, 0.2) is 0 Å². The number of morpholine rings is 1. The van der Waals surface area contributed by atoms with Crippen LogP contribution in [0.2, 0.25) is 0 Å². The average molecular weight is 240 g/mol. The molecule has 0 aromatic rings. The molecule has 4 atom stereocenters. The lowest BCUT2D eigenvalue weighted by atomic mass is 9.78. The zero-order chi connectivity index (χ0) is 12.3. The highest BCUT2D eigenvalue weighted by Gasteiger charge is 2.34. The van der Waals surface area contributed by atoms with Crippen LogP contribution in [0.3, 0.4) is 0 Å². The first kappa shape index (κ1) is 13.3. The summed E-state index contributed by atoms with van der Waals surface area (Å²) >= 11 is 0. The van der Waals surface area contributed by atoms with Crippen molar-refractivity contribution in [1.29, 1.82) is 0 Å². The molecular formula is C14H28N2O. The zero-order valence-corrected chi connectivity index (χ0v) is 11.4. The summed E-state index contributed by atoms with van der Waals surface area (Å²) in [5.74, 6) is 1.58. The van der Waals surface area contributed by atoms with Crippen molar-refractivity contribution in [2.75, 3.05) is 26.2 Å². The molecule has 1 saturated heterocycles. The maximum atomic E-state index is 5.96. The van der Waals surface area contributed by atoms with Crippen LogP contribution in [-0.4, -0.2) is 43.3 Å². The van der Waals surface area contributed by atoms with E-state index in [1.165, 1.54) is 19.3 Å². The third-order valence-corrected chi connectivity index (χ3v) is 4.62. The number of nitrogens with two attached hydrogens (primary N) is 1. The first-order valence-corrected chi connectivity index (χ1v) is 7.30. The highest BCUT2D eigenvalue weighted by Crippen LogP contribution is 2.32. The van der Waals surface area contributed by atoms with E-state index < -0.39 is 0 Å². The predicted octanol–water partition coefficient (Wildman–Crippen LogP) is 1.86. The molecule has 2 N–H and O–H groups in total. The largest absolute Gasteiger partial charge is 0.376 e. The van der Waals surface area contributed by atoms with Crippen LogP contribution in [0, 0.1) is 11.8 Å². The fourth-order valence-corrected chi connectivity index (χ4v) is 3.43. The summed E-state index contributed by atoms with van der Waals surface area (Å²) in [6, 6.07) is 0.710. The van der Waals surface area contributed by atoms with Crippen molar-refractivity contribution in [2.24, 2.45) is 17.6 Å². The van der Waals surface area contributed by atoms with Gasteiger partial charge in [-0.25, -0.2) is 0 Å². The lowest BCUT2D eigenvalue weighted by Crippen LogP contribution is -2.53. The van der Waals surface area contributed by atoms with Crippen LogP contribution in [0.5, 0.6) is 0 Å². The first-order valence-electron chi connectivity index (χ1n) is 7.30. The van der Waals surface area contributed by atoms with Crippen LogP contribution < -0.4 is 5.73 Å². The van der Waals surface area contributed by atoms with E-state index in [1.807, 2.05) is 0 Å². The lowest BCUT2D eigenvalue weighted by Gasteiger charge is -2.45. The summed E-state index contributed by atoms with van der Waals surface area (Å²) in [6.07, 6.45) is 5.58. The van der Waals surface area contributed by atoms with E-state index in [2.05, 4.69) is 18.7 Å². The molecule has 2 aliphatic rings. The Morgan fingerprint density at radius 1 is 1.35 bits per heavy atom.